The molecule has 0 radical (unpaired) electrons. The van der Waals surface area contributed by atoms with E-state index in [9.17, 15) is 4.79 Å². The zero-order chi connectivity index (χ0) is 18.6. The first-order chi connectivity index (χ1) is 13.2. The van der Waals surface area contributed by atoms with Crippen molar-refractivity contribution in [3.05, 3.63) is 77.5 Å². The van der Waals surface area contributed by atoms with E-state index >= 15 is 0 Å². The van der Waals surface area contributed by atoms with Crippen LogP contribution in [0.15, 0.2) is 61.2 Å². The van der Waals surface area contributed by atoms with Crippen LogP contribution in [0.5, 0.6) is 0 Å². The Bertz CT molecular complexity index is 1060. The fourth-order valence-electron chi connectivity index (χ4n) is 2.89. The molecular formula is C19H17ClN6O. The lowest BCUT2D eigenvalue weighted by Crippen LogP contribution is -2.28. The van der Waals surface area contributed by atoms with Crippen molar-refractivity contribution in [1.82, 2.24) is 29.9 Å². The lowest BCUT2D eigenvalue weighted by molar-refractivity contribution is 0.0947. The number of amides is 1. The number of para-hydroxylation sites is 1. The summed E-state index contributed by atoms with van der Waals surface area (Å²) in [4.78, 5) is 16.5. The van der Waals surface area contributed by atoms with Crippen LogP contribution < -0.4 is 5.32 Å². The van der Waals surface area contributed by atoms with Crippen molar-refractivity contribution in [2.45, 2.75) is 13.1 Å². The van der Waals surface area contributed by atoms with E-state index in [1.807, 2.05) is 53.2 Å². The number of nitrogens with zero attached hydrogens (tertiary/aromatic N) is 5. The van der Waals surface area contributed by atoms with E-state index in [-0.39, 0.29) is 5.91 Å². The second-order valence-electron chi connectivity index (χ2n) is 6.06. The maximum absolute atomic E-state index is 12.6. The van der Waals surface area contributed by atoms with E-state index in [2.05, 4.69) is 20.5 Å². The molecule has 0 saturated carbocycles. The molecule has 2 heterocycles. The van der Waals surface area contributed by atoms with Crippen molar-refractivity contribution in [1.29, 1.82) is 0 Å². The number of hydrogen-bond donors (Lipinski definition) is 1. The summed E-state index contributed by atoms with van der Waals surface area (Å²) in [5.74, 6) is -0.207. The van der Waals surface area contributed by atoms with Gasteiger partial charge in [-0.3, -0.25) is 14.2 Å². The van der Waals surface area contributed by atoms with Crippen LogP contribution in [0.3, 0.4) is 0 Å². The molecule has 8 heteroatoms. The lowest BCUT2D eigenvalue weighted by atomic mass is 10.2. The zero-order valence-electron chi connectivity index (χ0n) is 14.4. The quantitative estimate of drug-likeness (QED) is 0.558. The molecule has 0 aliphatic heterocycles. The second kappa shape index (κ2) is 7.59. The van der Waals surface area contributed by atoms with E-state index < -0.39 is 0 Å². The molecule has 1 amide bonds. The Kier molecular flexibility index (Phi) is 4.84. The summed E-state index contributed by atoms with van der Waals surface area (Å²) in [6, 6.07) is 15.3. The summed E-state index contributed by atoms with van der Waals surface area (Å²) in [5, 5.41) is 13.0. The third-order valence-electron chi connectivity index (χ3n) is 4.21. The number of halogens is 1. The van der Waals surface area contributed by atoms with Gasteiger partial charge in [0.25, 0.3) is 5.91 Å². The monoisotopic (exact) mass is 380 g/mol. The van der Waals surface area contributed by atoms with Crippen LogP contribution in [0, 0.1) is 0 Å². The van der Waals surface area contributed by atoms with Gasteiger partial charge in [-0.1, -0.05) is 41.9 Å². The number of fused-ring (bicyclic) bond motifs is 1. The zero-order valence-corrected chi connectivity index (χ0v) is 15.2. The highest BCUT2D eigenvalue weighted by Gasteiger charge is 2.16. The average molecular weight is 381 g/mol. The Hall–Kier alpha value is -3.19. The van der Waals surface area contributed by atoms with Crippen LogP contribution in [0.4, 0.5) is 0 Å². The highest BCUT2D eigenvalue weighted by molar-refractivity contribution is 6.30. The third kappa shape index (κ3) is 3.83. The van der Waals surface area contributed by atoms with Gasteiger partial charge in [-0.2, -0.15) is 10.2 Å². The van der Waals surface area contributed by atoms with Crippen molar-refractivity contribution in [2.24, 2.45) is 0 Å². The van der Waals surface area contributed by atoms with E-state index in [4.69, 9.17) is 11.6 Å². The molecule has 0 aliphatic rings. The third-order valence-corrected chi connectivity index (χ3v) is 4.46. The molecule has 27 heavy (non-hydrogen) atoms. The molecule has 0 saturated heterocycles. The molecule has 2 aromatic heterocycles. The Morgan fingerprint density at radius 1 is 1.11 bits per heavy atom. The Morgan fingerprint density at radius 3 is 2.70 bits per heavy atom. The van der Waals surface area contributed by atoms with E-state index in [1.54, 1.807) is 11.0 Å². The number of nitrogens with one attached hydrogen (secondary N) is 1. The molecule has 0 bridgehead atoms. The van der Waals surface area contributed by atoms with Gasteiger partial charge in [-0.25, -0.2) is 4.98 Å². The predicted octanol–water partition coefficient (Wildman–Crippen LogP) is 2.76. The van der Waals surface area contributed by atoms with Crippen LogP contribution in [0.2, 0.25) is 5.02 Å². The summed E-state index contributed by atoms with van der Waals surface area (Å²) in [6.07, 6.45) is 3.08. The first-order valence-corrected chi connectivity index (χ1v) is 8.89. The fourth-order valence-corrected chi connectivity index (χ4v) is 3.02. The largest absolute Gasteiger partial charge is 0.349 e. The smallest absolute Gasteiger partial charge is 0.272 e. The van der Waals surface area contributed by atoms with Gasteiger partial charge in [0, 0.05) is 17.0 Å². The van der Waals surface area contributed by atoms with E-state index in [0.29, 0.717) is 30.4 Å². The molecular weight excluding hydrogens is 364 g/mol. The standard InChI is InChI=1S/C19H17ClN6O/c20-15-7-5-14(6-8-15)11-26-17-4-2-1-3-16(17)18(24-26)19(27)22-9-10-25-13-21-12-23-25/h1-8,12-13H,9-11H2,(H,22,27). The number of hydrogen-bond acceptors (Lipinski definition) is 4. The number of carbonyl (C=O) groups excluding carboxylic acids is 1. The molecule has 136 valence electrons. The SMILES string of the molecule is O=C(NCCn1cncn1)c1nn(Cc2ccc(Cl)cc2)c2ccccc12. The van der Waals surface area contributed by atoms with Crippen LogP contribution in [0.1, 0.15) is 16.1 Å². The van der Waals surface area contributed by atoms with Crippen LogP contribution in [-0.2, 0) is 13.1 Å². The van der Waals surface area contributed by atoms with Gasteiger partial charge >= 0.3 is 0 Å². The van der Waals surface area contributed by atoms with Gasteiger partial charge in [0.15, 0.2) is 5.69 Å². The lowest BCUT2D eigenvalue weighted by Gasteiger charge is -2.04. The van der Waals surface area contributed by atoms with Crippen molar-refractivity contribution in [3.63, 3.8) is 0 Å². The molecule has 7 nitrogen and oxygen atoms in total. The minimum Gasteiger partial charge on any atom is -0.349 e. The molecule has 0 atom stereocenters. The summed E-state index contributed by atoms with van der Waals surface area (Å²) < 4.78 is 3.50. The van der Waals surface area contributed by atoms with E-state index in [1.165, 1.54) is 6.33 Å². The highest BCUT2D eigenvalue weighted by atomic mass is 35.5. The topological polar surface area (TPSA) is 77.6 Å². The summed E-state index contributed by atoms with van der Waals surface area (Å²) in [7, 11) is 0. The maximum atomic E-state index is 12.6. The second-order valence-corrected chi connectivity index (χ2v) is 6.50. The number of aromatic nitrogens is 5. The van der Waals surface area contributed by atoms with Crippen LogP contribution >= 0.6 is 11.6 Å². The van der Waals surface area contributed by atoms with Crippen molar-refractivity contribution < 1.29 is 4.79 Å². The minimum atomic E-state index is -0.207. The van der Waals surface area contributed by atoms with Gasteiger partial charge in [0.2, 0.25) is 0 Å². The van der Waals surface area contributed by atoms with Gasteiger partial charge in [-0.15, -0.1) is 0 Å². The van der Waals surface area contributed by atoms with Gasteiger partial charge in [-0.05, 0) is 23.8 Å². The minimum absolute atomic E-state index is 0.207. The van der Waals surface area contributed by atoms with Crippen LogP contribution in [-0.4, -0.2) is 37.0 Å². The van der Waals surface area contributed by atoms with Gasteiger partial charge in [0.1, 0.15) is 12.7 Å². The Morgan fingerprint density at radius 2 is 1.93 bits per heavy atom. The fraction of sp³-hybridized carbons (Fsp3) is 0.158. The summed E-state index contributed by atoms with van der Waals surface area (Å²) in [5.41, 5.74) is 2.39. The average Bonchev–Trinajstić information content (AvgIpc) is 3.32. The normalized spacial score (nSPS) is 11.0. The predicted molar refractivity (Wildman–Crippen MR) is 103 cm³/mol. The molecule has 4 aromatic rings. The number of rotatable bonds is 6. The molecule has 0 spiro atoms. The van der Waals surface area contributed by atoms with Gasteiger partial charge < -0.3 is 5.32 Å². The number of benzene rings is 2. The van der Waals surface area contributed by atoms with Crippen molar-refractivity contribution in [3.8, 4) is 0 Å². The van der Waals surface area contributed by atoms with E-state index in [0.717, 1.165) is 16.5 Å². The molecule has 0 fully saturated rings. The highest BCUT2D eigenvalue weighted by Crippen LogP contribution is 2.20. The number of carbonyl (C=O) groups is 1. The van der Waals surface area contributed by atoms with Gasteiger partial charge in [0.05, 0.1) is 18.6 Å². The molecule has 4 rings (SSSR count). The van der Waals surface area contributed by atoms with Crippen molar-refractivity contribution >= 4 is 28.4 Å². The first kappa shape index (κ1) is 17.2. The molecule has 0 unspecified atom stereocenters. The molecule has 0 aliphatic carbocycles. The summed E-state index contributed by atoms with van der Waals surface area (Å²) >= 11 is 5.96. The maximum Gasteiger partial charge on any atom is 0.272 e. The first-order valence-electron chi connectivity index (χ1n) is 8.51. The van der Waals surface area contributed by atoms with Crippen molar-refractivity contribution in [2.75, 3.05) is 6.54 Å². The molecule has 2 aromatic carbocycles. The van der Waals surface area contributed by atoms with Crippen LogP contribution in [0.25, 0.3) is 10.9 Å². The molecule has 1 N–H and O–H groups in total. The summed E-state index contributed by atoms with van der Waals surface area (Å²) in [6.45, 7) is 1.56. The Balaban J connectivity index is 1.55. The Labute approximate surface area is 160 Å².